The average Bonchev–Trinajstić information content (AvgIpc) is 3.11. The Morgan fingerprint density at radius 1 is 0.650 bits per heavy atom. The first kappa shape index (κ1) is 12.1. The van der Waals surface area contributed by atoms with Crippen molar-refractivity contribution in [2.45, 2.75) is 12.2 Å². The van der Waals surface area contributed by atoms with Gasteiger partial charge in [0.15, 0.2) is 0 Å². The predicted molar refractivity (Wildman–Crippen MR) is 77.3 cm³/mol. The molecule has 102 valence electrons. The molecule has 0 N–H and O–H groups in total. The van der Waals surface area contributed by atoms with Crippen molar-refractivity contribution in [3.05, 3.63) is 71.8 Å². The minimum Gasteiger partial charge on any atom is -0.381 e. The summed E-state index contributed by atoms with van der Waals surface area (Å²) in [5.74, 6) is 0.949. The van der Waals surface area contributed by atoms with Crippen LogP contribution in [-0.2, 0) is 9.47 Å². The highest BCUT2D eigenvalue weighted by Gasteiger charge is 2.48. The minimum absolute atomic E-state index is 0.161. The van der Waals surface area contributed by atoms with Gasteiger partial charge in [0.05, 0.1) is 25.4 Å². The second-order valence-corrected chi connectivity index (χ2v) is 5.66. The fourth-order valence-electron chi connectivity index (χ4n) is 3.51. The first-order valence-corrected chi connectivity index (χ1v) is 7.26. The normalized spacial score (nSPS) is 32.2. The predicted octanol–water partition coefficient (Wildman–Crippen LogP) is 3.76. The van der Waals surface area contributed by atoms with Gasteiger partial charge in [-0.15, -0.1) is 0 Å². The fourth-order valence-corrected chi connectivity index (χ4v) is 3.51. The number of ether oxygens (including phenoxy) is 2. The Balaban J connectivity index is 1.68. The molecule has 20 heavy (non-hydrogen) atoms. The molecule has 0 aliphatic carbocycles. The molecule has 0 aromatic heterocycles. The van der Waals surface area contributed by atoms with Crippen LogP contribution in [-0.4, -0.2) is 13.2 Å². The van der Waals surface area contributed by atoms with Crippen molar-refractivity contribution < 1.29 is 9.47 Å². The van der Waals surface area contributed by atoms with E-state index in [0.29, 0.717) is 11.8 Å². The van der Waals surface area contributed by atoms with Crippen LogP contribution in [0.15, 0.2) is 60.7 Å². The van der Waals surface area contributed by atoms with Crippen molar-refractivity contribution in [1.29, 1.82) is 0 Å². The molecule has 2 aromatic carbocycles. The van der Waals surface area contributed by atoms with Gasteiger partial charge < -0.3 is 9.47 Å². The van der Waals surface area contributed by atoms with Crippen LogP contribution in [0.1, 0.15) is 23.3 Å². The number of rotatable bonds is 2. The third-order valence-corrected chi connectivity index (χ3v) is 4.50. The van der Waals surface area contributed by atoms with Crippen LogP contribution < -0.4 is 0 Å². The molecule has 4 rings (SSSR count). The molecule has 2 aliphatic heterocycles. The molecule has 2 fully saturated rings. The van der Waals surface area contributed by atoms with E-state index in [2.05, 4.69) is 60.7 Å². The van der Waals surface area contributed by atoms with Crippen molar-refractivity contribution in [2.75, 3.05) is 13.2 Å². The van der Waals surface area contributed by atoms with E-state index in [4.69, 9.17) is 9.47 Å². The summed E-state index contributed by atoms with van der Waals surface area (Å²) in [6, 6.07) is 21.1. The average molecular weight is 266 g/mol. The summed E-state index contributed by atoms with van der Waals surface area (Å²) >= 11 is 0. The van der Waals surface area contributed by atoms with Gasteiger partial charge in [0.2, 0.25) is 0 Å². The highest BCUT2D eigenvalue weighted by Crippen LogP contribution is 2.51. The number of fused-ring (bicyclic) bond motifs is 1. The third kappa shape index (κ3) is 1.96. The highest BCUT2D eigenvalue weighted by atomic mass is 16.5. The van der Waals surface area contributed by atoms with Gasteiger partial charge in [-0.2, -0.15) is 0 Å². The van der Waals surface area contributed by atoms with Crippen LogP contribution in [0.2, 0.25) is 0 Å². The van der Waals surface area contributed by atoms with Crippen LogP contribution >= 0.6 is 0 Å². The molecule has 0 saturated carbocycles. The van der Waals surface area contributed by atoms with Crippen molar-refractivity contribution >= 4 is 0 Å². The van der Waals surface area contributed by atoms with E-state index in [1.54, 1.807) is 0 Å². The van der Waals surface area contributed by atoms with Crippen LogP contribution in [0.25, 0.3) is 0 Å². The molecular weight excluding hydrogens is 248 g/mol. The van der Waals surface area contributed by atoms with E-state index in [1.165, 1.54) is 11.1 Å². The zero-order chi connectivity index (χ0) is 13.4. The Morgan fingerprint density at radius 2 is 1.10 bits per heavy atom. The van der Waals surface area contributed by atoms with Crippen LogP contribution in [0.4, 0.5) is 0 Å². The largest absolute Gasteiger partial charge is 0.381 e. The first-order chi connectivity index (χ1) is 9.93. The lowest BCUT2D eigenvalue weighted by Gasteiger charge is -2.18. The molecule has 2 aromatic rings. The Kier molecular flexibility index (Phi) is 3.06. The van der Waals surface area contributed by atoms with Crippen molar-refractivity contribution in [3.8, 4) is 0 Å². The van der Waals surface area contributed by atoms with E-state index >= 15 is 0 Å². The summed E-state index contributed by atoms with van der Waals surface area (Å²) in [6.45, 7) is 1.63. The lowest BCUT2D eigenvalue weighted by atomic mass is 9.85. The number of hydrogen-bond donors (Lipinski definition) is 0. The molecule has 2 heteroatoms. The molecule has 2 saturated heterocycles. The zero-order valence-corrected chi connectivity index (χ0v) is 11.3. The summed E-state index contributed by atoms with van der Waals surface area (Å²) in [4.78, 5) is 0. The Bertz CT molecular complexity index is 515. The van der Waals surface area contributed by atoms with E-state index in [9.17, 15) is 0 Å². The molecule has 0 radical (unpaired) electrons. The van der Waals surface area contributed by atoms with Gasteiger partial charge in [-0.25, -0.2) is 0 Å². The SMILES string of the molecule is c1ccc(C2OC(c3ccccc3)[C@@H]3COC[C@H]23)cc1. The van der Waals surface area contributed by atoms with Crippen LogP contribution in [0.5, 0.6) is 0 Å². The van der Waals surface area contributed by atoms with Gasteiger partial charge in [-0.3, -0.25) is 0 Å². The van der Waals surface area contributed by atoms with E-state index in [1.807, 2.05) is 0 Å². The molecule has 2 nitrogen and oxygen atoms in total. The second-order valence-electron chi connectivity index (χ2n) is 5.66. The topological polar surface area (TPSA) is 18.5 Å². The van der Waals surface area contributed by atoms with Gasteiger partial charge in [0.1, 0.15) is 0 Å². The quantitative estimate of drug-likeness (QED) is 0.824. The minimum atomic E-state index is 0.161. The maximum atomic E-state index is 6.42. The Hall–Kier alpha value is -1.64. The fraction of sp³-hybridized carbons (Fsp3) is 0.333. The summed E-state index contributed by atoms with van der Waals surface area (Å²) in [5.41, 5.74) is 2.54. The van der Waals surface area contributed by atoms with E-state index in [0.717, 1.165) is 13.2 Å². The molecule has 0 spiro atoms. The molecule has 2 heterocycles. The molecule has 0 amide bonds. The number of hydrogen-bond acceptors (Lipinski definition) is 2. The van der Waals surface area contributed by atoms with Crippen molar-refractivity contribution in [3.63, 3.8) is 0 Å². The first-order valence-electron chi connectivity index (χ1n) is 7.26. The maximum Gasteiger partial charge on any atom is 0.0888 e. The van der Waals surface area contributed by atoms with Gasteiger partial charge in [-0.1, -0.05) is 60.7 Å². The van der Waals surface area contributed by atoms with Crippen molar-refractivity contribution in [1.82, 2.24) is 0 Å². The monoisotopic (exact) mass is 266 g/mol. The van der Waals surface area contributed by atoms with Gasteiger partial charge >= 0.3 is 0 Å². The zero-order valence-electron chi connectivity index (χ0n) is 11.3. The second kappa shape index (κ2) is 5.04. The summed E-state index contributed by atoms with van der Waals surface area (Å²) in [5, 5.41) is 0. The maximum absolute atomic E-state index is 6.42. The molecular formula is C18H18O2. The smallest absolute Gasteiger partial charge is 0.0888 e. The van der Waals surface area contributed by atoms with Crippen LogP contribution in [0.3, 0.4) is 0 Å². The summed E-state index contributed by atoms with van der Waals surface area (Å²) in [6.07, 6.45) is 0.322. The van der Waals surface area contributed by atoms with Crippen molar-refractivity contribution in [2.24, 2.45) is 11.8 Å². The summed E-state index contributed by atoms with van der Waals surface area (Å²) in [7, 11) is 0. The lowest BCUT2D eigenvalue weighted by molar-refractivity contribution is -0.00308. The standard InChI is InChI=1S/C18H18O2/c1-3-7-13(8-4-1)17-15-11-19-12-16(15)18(20-17)14-9-5-2-6-10-14/h1-10,15-18H,11-12H2/t15-,16+,17?,18?. The molecule has 0 bridgehead atoms. The summed E-state index contributed by atoms with van der Waals surface area (Å²) < 4.78 is 12.2. The highest BCUT2D eigenvalue weighted by molar-refractivity contribution is 5.25. The lowest BCUT2D eigenvalue weighted by Crippen LogP contribution is -2.13. The van der Waals surface area contributed by atoms with Crippen LogP contribution in [0, 0.1) is 11.8 Å². The number of benzene rings is 2. The molecule has 2 aliphatic rings. The Morgan fingerprint density at radius 3 is 1.55 bits per heavy atom. The molecule has 4 atom stereocenters. The van der Waals surface area contributed by atoms with E-state index < -0.39 is 0 Å². The molecule has 2 unspecified atom stereocenters. The van der Waals surface area contributed by atoms with Gasteiger partial charge in [0.25, 0.3) is 0 Å². The van der Waals surface area contributed by atoms with Gasteiger partial charge in [-0.05, 0) is 11.1 Å². The van der Waals surface area contributed by atoms with E-state index in [-0.39, 0.29) is 12.2 Å². The van der Waals surface area contributed by atoms with Gasteiger partial charge in [0, 0.05) is 11.8 Å². The Labute approximate surface area is 119 Å². The third-order valence-electron chi connectivity index (χ3n) is 4.50.